The summed E-state index contributed by atoms with van der Waals surface area (Å²) in [6.07, 6.45) is 2.67. The first-order valence-corrected chi connectivity index (χ1v) is 18.4. The first-order valence-electron chi connectivity index (χ1n) is 18.4. The van der Waals surface area contributed by atoms with E-state index in [0.717, 1.165) is 0 Å². The van der Waals surface area contributed by atoms with Gasteiger partial charge in [-0.1, -0.05) is 0 Å². The Morgan fingerprint density at radius 3 is 1.75 bits per heavy atom. The van der Waals surface area contributed by atoms with E-state index in [2.05, 4.69) is 26.5 Å². The zero-order valence-electron chi connectivity index (χ0n) is 31.5. The van der Waals surface area contributed by atoms with Gasteiger partial charge in [0, 0.05) is 78.1 Å². The summed E-state index contributed by atoms with van der Waals surface area (Å²) in [7, 11) is -1.67. The second-order valence-electron chi connectivity index (χ2n) is 13.7. The van der Waals surface area contributed by atoms with Crippen LogP contribution in [0.1, 0.15) is 43.0 Å². The number of nitrogens with zero attached hydrogens (tertiary/aromatic N) is 6. The molecule has 0 unspecified atom stereocenters. The summed E-state index contributed by atoms with van der Waals surface area (Å²) in [6, 6.07) is 1.98. The number of pyridine rings is 1. The molecule has 2 saturated heterocycles. The standard InChI is InChI=1S/C33H53BN10O12/c1-23(33(54)44-9-3-4-25(44)34(55)56)37-32(53)24-6-7-26(36-18-24)38-39-27(45)5-2-8-35-28(46)19-40-10-12-41(20-29(47)48)14-16-43(22-31(51)52)17-15-42(13-11-40)21-30(49)50/h6-7,18,23,25,55-56H,2-5,8-17,19-22H2,1H3,(H,35,46)(H,36,38)(H,37,53)(H,39,45)(H,47,48)(H,49,50)(H,51,52)/t23-,25+/m1/s1. The number of hydrogen-bond donors (Lipinski definition) is 9. The van der Waals surface area contributed by atoms with E-state index in [0.29, 0.717) is 38.9 Å². The molecular formula is C33H53BN10O12. The Morgan fingerprint density at radius 2 is 1.29 bits per heavy atom. The number of hydrogen-bond acceptors (Lipinski definition) is 15. The number of amides is 4. The molecular weight excluding hydrogens is 739 g/mol. The molecule has 2 aliphatic heterocycles. The molecule has 310 valence electrons. The predicted molar refractivity (Wildman–Crippen MR) is 199 cm³/mol. The molecule has 2 atom stereocenters. The lowest BCUT2D eigenvalue weighted by molar-refractivity contribution is -0.140. The maximum atomic E-state index is 12.9. The first kappa shape index (κ1) is 45.5. The Labute approximate surface area is 324 Å². The van der Waals surface area contributed by atoms with Gasteiger partial charge in [-0.3, -0.25) is 64.0 Å². The summed E-state index contributed by atoms with van der Waals surface area (Å²) in [5, 5.41) is 52.5. The summed E-state index contributed by atoms with van der Waals surface area (Å²) in [4.78, 5) is 97.3. The van der Waals surface area contributed by atoms with Gasteiger partial charge in [-0.05, 0) is 38.3 Å². The molecule has 0 radical (unpaired) electrons. The van der Waals surface area contributed by atoms with Crippen LogP contribution >= 0.6 is 0 Å². The van der Waals surface area contributed by atoms with E-state index >= 15 is 0 Å². The minimum absolute atomic E-state index is 0.0434. The van der Waals surface area contributed by atoms with E-state index in [-0.39, 0.29) is 95.7 Å². The molecule has 0 saturated carbocycles. The lowest BCUT2D eigenvalue weighted by atomic mass is 9.78. The van der Waals surface area contributed by atoms with Crippen LogP contribution in [0.2, 0.25) is 0 Å². The smallest absolute Gasteiger partial charge is 0.475 e. The molecule has 23 heteroatoms. The molecule has 2 fully saturated rings. The molecule has 2 aliphatic rings. The summed E-state index contributed by atoms with van der Waals surface area (Å²) >= 11 is 0. The molecule has 3 rings (SSSR count). The normalized spacial score (nSPS) is 18.5. The Hall–Kier alpha value is -4.94. The van der Waals surface area contributed by atoms with Crippen molar-refractivity contribution in [3.8, 4) is 0 Å². The molecule has 3 heterocycles. The number of nitrogens with one attached hydrogen (secondary N) is 4. The topological polar surface area (TPSA) is 298 Å². The number of hydrazine groups is 1. The second-order valence-corrected chi connectivity index (χ2v) is 13.7. The Morgan fingerprint density at radius 1 is 0.768 bits per heavy atom. The van der Waals surface area contributed by atoms with Crippen molar-refractivity contribution in [2.24, 2.45) is 0 Å². The average Bonchev–Trinajstić information content (AvgIpc) is 3.63. The van der Waals surface area contributed by atoms with Crippen molar-refractivity contribution in [2.45, 2.75) is 44.6 Å². The van der Waals surface area contributed by atoms with E-state index in [4.69, 9.17) is 0 Å². The van der Waals surface area contributed by atoms with Gasteiger partial charge in [-0.25, -0.2) is 4.98 Å². The number of anilines is 1. The summed E-state index contributed by atoms with van der Waals surface area (Å²) in [5.74, 6) is -5.37. The van der Waals surface area contributed by atoms with Crippen LogP contribution in [0.3, 0.4) is 0 Å². The van der Waals surface area contributed by atoms with Crippen molar-refractivity contribution in [1.29, 1.82) is 0 Å². The van der Waals surface area contributed by atoms with Crippen molar-refractivity contribution in [2.75, 3.05) is 97.1 Å². The predicted octanol–water partition coefficient (Wildman–Crippen LogP) is -3.98. The molecule has 9 N–H and O–H groups in total. The molecule has 1 aromatic heterocycles. The van der Waals surface area contributed by atoms with Gasteiger partial charge in [0.15, 0.2) is 0 Å². The molecule has 4 amide bonds. The van der Waals surface area contributed by atoms with Crippen LogP contribution < -0.4 is 21.5 Å². The zero-order valence-corrected chi connectivity index (χ0v) is 31.5. The molecule has 0 spiro atoms. The largest absolute Gasteiger partial charge is 0.480 e. The van der Waals surface area contributed by atoms with Crippen LogP contribution in [0.25, 0.3) is 0 Å². The third-order valence-electron chi connectivity index (χ3n) is 9.28. The molecule has 0 bridgehead atoms. The van der Waals surface area contributed by atoms with E-state index in [9.17, 15) is 58.9 Å². The van der Waals surface area contributed by atoms with Crippen LogP contribution in [0.4, 0.5) is 5.82 Å². The van der Waals surface area contributed by atoms with Crippen LogP contribution in [0.5, 0.6) is 0 Å². The van der Waals surface area contributed by atoms with Gasteiger partial charge >= 0.3 is 25.0 Å². The summed E-state index contributed by atoms with van der Waals surface area (Å²) in [6.45, 7) is 3.35. The van der Waals surface area contributed by atoms with Gasteiger partial charge in [0.2, 0.25) is 17.7 Å². The van der Waals surface area contributed by atoms with Gasteiger partial charge in [-0.15, -0.1) is 0 Å². The van der Waals surface area contributed by atoms with Crippen molar-refractivity contribution in [3.63, 3.8) is 0 Å². The van der Waals surface area contributed by atoms with E-state index in [1.165, 1.54) is 30.2 Å². The van der Waals surface area contributed by atoms with Crippen molar-refractivity contribution >= 4 is 54.5 Å². The SMILES string of the molecule is C[C@@H](NC(=O)c1ccc(NNC(=O)CCCNC(=O)CN2CCN(CC(=O)O)CCN(CC(=O)O)CCN(CC(=O)O)CC2)nc1)C(=O)N1CCC[C@H]1B(O)O. The van der Waals surface area contributed by atoms with Crippen molar-refractivity contribution in [1.82, 2.24) is 45.5 Å². The summed E-state index contributed by atoms with van der Waals surface area (Å²) < 4.78 is 0. The van der Waals surface area contributed by atoms with E-state index in [1.807, 2.05) is 0 Å². The fourth-order valence-electron chi connectivity index (χ4n) is 6.29. The number of likely N-dealkylation sites (tertiary alicyclic amines) is 1. The Bertz CT molecular complexity index is 1470. The minimum atomic E-state index is -1.67. The highest BCUT2D eigenvalue weighted by Gasteiger charge is 2.38. The zero-order chi connectivity index (χ0) is 41.2. The quantitative estimate of drug-likeness (QED) is 0.0389. The number of aliphatic carboxylic acids is 3. The highest BCUT2D eigenvalue weighted by Crippen LogP contribution is 2.19. The second kappa shape index (κ2) is 23.2. The van der Waals surface area contributed by atoms with Gasteiger partial charge in [0.1, 0.15) is 11.9 Å². The number of rotatable bonds is 18. The van der Waals surface area contributed by atoms with Gasteiger partial charge < -0.3 is 40.9 Å². The minimum Gasteiger partial charge on any atom is -0.480 e. The van der Waals surface area contributed by atoms with Crippen molar-refractivity contribution < 1.29 is 58.9 Å². The third kappa shape index (κ3) is 16.4. The molecule has 56 heavy (non-hydrogen) atoms. The molecule has 0 aliphatic carbocycles. The number of carbonyl (C=O) groups excluding carboxylic acids is 4. The van der Waals surface area contributed by atoms with E-state index in [1.54, 1.807) is 19.6 Å². The average molecular weight is 793 g/mol. The number of carboxylic acid groups (broad SMARTS) is 3. The fourth-order valence-corrected chi connectivity index (χ4v) is 6.29. The van der Waals surface area contributed by atoms with Gasteiger partial charge in [0.25, 0.3) is 5.91 Å². The fraction of sp³-hybridized carbons (Fsp3) is 0.636. The number of carbonyl (C=O) groups is 7. The maximum absolute atomic E-state index is 12.9. The van der Waals surface area contributed by atoms with Gasteiger partial charge in [-0.2, -0.15) is 0 Å². The van der Waals surface area contributed by atoms with Gasteiger partial charge in [0.05, 0.1) is 37.7 Å². The van der Waals surface area contributed by atoms with Crippen LogP contribution in [-0.4, -0.2) is 207 Å². The number of aromatic nitrogens is 1. The highest BCUT2D eigenvalue weighted by molar-refractivity contribution is 6.43. The molecule has 22 nitrogen and oxygen atoms in total. The lowest BCUT2D eigenvalue weighted by Gasteiger charge is -2.32. The molecule has 1 aromatic rings. The maximum Gasteiger partial charge on any atom is 0.475 e. The monoisotopic (exact) mass is 792 g/mol. The van der Waals surface area contributed by atoms with Crippen LogP contribution in [0, 0.1) is 0 Å². The highest BCUT2D eigenvalue weighted by atomic mass is 16.4. The third-order valence-corrected chi connectivity index (χ3v) is 9.28. The lowest BCUT2D eigenvalue weighted by Crippen LogP contribution is -2.52. The Balaban J connectivity index is 1.42. The van der Waals surface area contributed by atoms with Crippen LogP contribution in [0.15, 0.2) is 18.3 Å². The first-order chi connectivity index (χ1) is 26.6. The summed E-state index contributed by atoms with van der Waals surface area (Å²) in [5.41, 5.74) is 5.28. The Kier molecular flexibility index (Phi) is 18.8. The van der Waals surface area contributed by atoms with E-state index < -0.39 is 54.7 Å². The van der Waals surface area contributed by atoms with Crippen molar-refractivity contribution in [3.05, 3.63) is 23.9 Å². The number of carboxylic acids is 3. The van der Waals surface area contributed by atoms with Crippen LogP contribution in [-0.2, 0) is 28.8 Å². The molecule has 0 aromatic carbocycles.